The molecule has 0 aliphatic carbocycles. The summed E-state index contributed by atoms with van der Waals surface area (Å²) in [5.41, 5.74) is 3.69. The minimum Gasteiger partial charge on any atom is -0.380 e. The number of nitrogens with one attached hydrogen (secondary N) is 1. The molecule has 5 heteroatoms. The summed E-state index contributed by atoms with van der Waals surface area (Å²) in [7, 11) is 0. The third kappa shape index (κ3) is 3.25. The van der Waals surface area contributed by atoms with Crippen molar-refractivity contribution in [2.45, 2.75) is 25.8 Å². The third-order valence-electron chi connectivity index (χ3n) is 4.85. The first-order valence-electron chi connectivity index (χ1n) is 9.10. The SMILES string of the molecule is CCc1cc(NC2CCN(C(=O)c3ccccn3)C2)c2ccccc2n1. The molecule has 1 atom stereocenters. The lowest BCUT2D eigenvalue weighted by Gasteiger charge is -2.18. The maximum atomic E-state index is 12.6. The van der Waals surface area contributed by atoms with Crippen LogP contribution in [0.1, 0.15) is 29.5 Å². The van der Waals surface area contributed by atoms with Crippen LogP contribution in [0.4, 0.5) is 5.69 Å². The Hall–Kier alpha value is -2.95. The molecule has 2 aromatic heterocycles. The van der Waals surface area contributed by atoms with Crippen LogP contribution in [0.2, 0.25) is 0 Å². The van der Waals surface area contributed by atoms with Gasteiger partial charge in [0.15, 0.2) is 0 Å². The Kier molecular flexibility index (Phi) is 4.52. The number of hydrogen-bond donors (Lipinski definition) is 1. The Bertz CT molecular complexity index is 926. The Balaban J connectivity index is 1.52. The van der Waals surface area contributed by atoms with Crippen LogP contribution >= 0.6 is 0 Å². The van der Waals surface area contributed by atoms with Crippen LogP contribution in [0.3, 0.4) is 0 Å². The van der Waals surface area contributed by atoms with Gasteiger partial charge in [0.2, 0.25) is 0 Å². The van der Waals surface area contributed by atoms with Crippen molar-refractivity contribution < 1.29 is 4.79 Å². The summed E-state index contributed by atoms with van der Waals surface area (Å²) in [6, 6.07) is 16.0. The van der Waals surface area contributed by atoms with E-state index in [-0.39, 0.29) is 11.9 Å². The second kappa shape index (κ2) is 7.12. The van der Waals surface area contributed by atoms with Gasteiger partial charge in [0.05, 0.1) is 5.52 Å². The molecule has 1 aliphatic rings. The molecule has 26 heavy (non-hydrogen) atoms. The van der Waals surface area contributed by atoms with Crippen molar-refractivity contribution in [1.82, 2.24) is 14.9 Å². The number of likely N-dealkylation sites (tertiary alicyclic amines) is 1. The van der Waals surface area contributed by atoms with E-state index in [1.54, 1.807) is 12.3 Å². The number of anilines is 1. The smallest absolute Gasteiger partial charge is 0.272 e. The monoisotopic (exact) mass is 346 g/mol. The van der Waals surface area contributed by atoms with Crippen molar-refractivity contribution in [3.63, 3.8) is 0 Å². The Morgan fingerprint density at radius 3 is 2.88 bits per heavy atom. The van der Waals surface area contributed by atoms with E-state index in [1.807, 2.05) is 35.2 Å². The second-order valence-corrected chi connectivity index (χ2v) is 6.63. The van der Waals surface area contributed by atoms with Gasteiger partial charge in [-0.1, -0.05) is 31.2 Å². The Morgan fingerprint density at radius 1 is 1.23 bits per heavy atom. The summed E-state index contributed by atoms with van der Waals surface area (Å²) < 4.78 is 0. The van der Waals surface area contributed by atoms with Crippen molar-refractivity contribution in [3.05, 3.63) is 66.1 Å². The number of benzene rings is 1. The largest absolute Gasteiger partial charge is 0.380 e. The van der Waals surface area contributed by atoms with E-state index in [4.69, 9.17) is 4.98 Å². The Labute approximate surface area is 153 Å². The normalized spacial score (nSPS) is 16.8. The number of rotatable bonds is 4. The van der Waals surface area contributed by atoms with Crippen LogP contribution in [0.15, 0.2) is 54.7 Å². The predicted molar refractivity (Wildman–Crippen MR) is 103 cm³/mol. The minimum atomic E-state index is 0.00346. The first kappa shape index (κ1) is 16.5. The van der Waals surface area contributed by atoms with Crippen LogP contribution in [-0.4, -0.2) is 39.9 Å². The lowest BCUT2D eigenvalue weighted by Crippen LogP contribution is -2.32. The lowest BCUT2D eigenvalue weighted by atomic mass is 10.1. The van der Waals surface area contributed by atoms with Crippen LogP contribution in [0.25, 0.3) is 10.9 Å². The van der Waals surface area contributed by atoms with E-state index in [0.29, 0.717) is 12.2 Å². The number of nitrogens with zero attached hydrogens (tertiary/aromatic N) is 3. The van der Waals surface area contributed by atoms with Crippen molar-refractivity contribution in [2.75, 3.05) is 18.4 Å². The maximum Gasteiger partial charge on any atom is 0.272 e. The number of pyridine rings is 2. The van der Waals surface area contributed by atoms with Gasteiger partial charge in [0.1, 0.15) is 5.69 Å². The summed E-state index contributed by atoms with van der Waals surface area (Å²) >= 11 is 0. The first-order chi connectivity index (χ1) is 12.7. The summed E-state index contributed by atoms with van der Waals surface area (Å²) in [4.78, 5) is 23.3. The van der Waals surface area contributed by atoms with Crippen LogP contribution in [0, 0.1) is 0 Å². The number of para-hydroxylation sites is 1. The molecule has 0 spiro atoms. The minimum absolute atomic E-state index is 0.00346. The van der Waals surface area contributed by atoms with E-state index < -0.39 is 0 Å². The third-order valence-corrected chi connectivity index (χ3v) is 4.85. The molecular formula is C21H22N4O. The van der Waals surface area contributed by atoms with E-state index >= 15 is 0 Å². The number of fused-ring (bicyclic) bond motifs is 1. The zero-order chi connectivity index (χ0) is 17.9. The number of aryl methyl sites for hydroxylation is 1. The molecule has 1 unspecified atom stereocenters. The topological polar surface area (TPSA) is 58.1 Å². The molecule has 1 fully saturated rings. The number of amides is 1. The summed E-state index contributed by atoms with van der Waals surface area (Å²) in [5.74, 6) is 0.00346. The van der Waals surface area contributed by atoms with E-state index in [0.717, 1.165) is 41.7 Å². The molecule has 0 bridgehead atoms. The first-order valence-corrected chi connectivity index (χ1v) is 9.10. The maximum absolute atomic E-state index is 12.6. The fourth-order valence-corrected chi connectivity index (χ4v) is 3.46. The molecule has 0 saturated carbocycles. The van der Waals surface area contributed by atoms with Gasteiger partial charge in [0, 0.05) is 42.1 Å². The van der Waals surface area contributed by atoms with Gasteiger partial charge >= 0.3 is 0 Å². The van der Waals surface area contributed by atoms with Crippen molar-refractivity contribution >= 4 is 22.5 Å². The van der Waals surface area contributed by atoms with Crippen molar-refractivity contribution in [2.24, 2.45) is 0 Å². The van der Waals surface area contributed by atoms with Gasteiger partial charge in [-0.2, -0.15) is 0 Å². The van der Waals surface area contributed by atoms with Gasteiger partial charge in [-0.3, -0.25) is 14.8 Å². The zero-order valence-electron chi connectivity index (χ0n) is 14.9. The number of hydrogen-bond acceptors (Lipinski definition) is 4. The average molecular weight is 346 g/mol. The quantitative estimate of drug-likeness (QED) is 0.785. The molecule has 0 radical (unpaired) electrons. The molecular weight excluding hydrogens is 324 g/mol. The second-order valence-electron chi connectivity index (χ2n) is 6.63. The van der Waals surface area contributed by atoms with Crippen molar-refractivity contribution in [1.29, 1.82) is 0 Å². The summed E-state index contributed by atoms with van der Waals surface area (Å²) in [6.45, 7) is 3.55. The molecule has 1 aromatic carbocycles. The van der Waals surface area contributed by atoms with Crippen LogP contribution < -0.4 is 5.32 Å². The highest BCUT2D eigenvalue weighted by atomic mass is 16.2. The van der Waals surface area contributed by atoms with Crippen molar-refractivity contribution in [3.8, 4) is 0 Å². The fourth-order valence-electron chi connectivity index (χ4n) is 3.46. The summed E-state index contributed by atoms with van der Waals surface area (Å²) in [5, 5.41) is 4.76. The highest BCUT2D eigenvalue weighted by Gasteiger charge is 2.27. The number of carbonyl (C=O) groups is 1. The van der Waals surface area contributed by atoms with Gasteiger partial charge in [0.25, 0.3) is 5.91 Å². The average Bonchev–Trinajstić information content (AvgIpc) is 3.16. The predicted octanol–water partition coefficient (Wildman–Crippen LogP) is 3.52. The number of carbonyl (C=O) groups excluding carboxylic acids is 1. The molecule has 132 valence electrons. The molecule has 5 nitrogen and oxygen atoms in total. The highest BCUT2D eigenvalue weighted by Crippen LogP contribution is 2.26. The van der Waals surface area contributed by atoms with Gasteiger partial charge in [-0.15, -0.1) is 0 Å². The van der Waals surface area contributed by atoms with Crippen LogP contribution in [0.5, 0.6) is 0 Å². The highest BCUT2D eigenvalue weighted by molar-refractivity contribution is 5.93. The molecule has 1 saturated heterocycles. The van der Waals surface area contributed by atoms with E-state index in [2.05, 4.69) is 29.4 Å². The van der Waals surface area contributed by atoms with Crippen LogP contribution in [-0.2, 0) is 6.42 Å². The van der Waals surface area contributed by atoms with Gasteiger partial charge < -0.3 is 10.2 Å². The van der Waals surface area contributed by atoms with E-state index in [1.165, 1.54) is 0 Å². The van der Waals surface area contributed by atoms with Gasteiger partial charge in [-0.25, -0.2) is 0 Å². The zero-order valence-corrected chi connectivity index (χ0v) is 14.9. The van der Waals surface area contributed by atoms with E-state index in [9.17, 15) is 4.79 Å². The molecule has 3 heterocycles. The lowest BCUT2D eigenvalue weighted by molar-refractivity contribution is 0.0786. The molecule has 1 aliphatic heterocycles. The fraction of sp³-hybridized carbons (Fsp3) is 0.286. The molecule has 1 N–H and O–H groups in total. The Morgan fingerprint density at radius 2 is 2.08 bits per heavy atom. The summed E-state index contributed by atoms with van der Waals surface area (Å²) in [6.07, 6.45) is 3.49. The molecule has 1 amide bonds. The molecule has 3 aromatic rings. The van der Waals surface area contributed by atoms with Gasteiger partial charge in [-0.05, 0) is 37.1 Å². The standard InChI is InChI=1S/C21H22N4O/c1-2-15-13-20(17-7-3-4-8-18(17)23-15)24-16-10-12-25(14-16)21(26)19-9-5-6-11-22-19/h3-9,11,13,16H,2,10,12,14H2,1H3,(H,23,24). The molecule has 4 rings (SSSR count). The number of aromatic nitrogens is 2.